The van der Waals surface area contributed by atoms with Gasteiger partial charge >= 0.3 is 5.97 Å². The summed E-state index contributed by atoms with van der Waals surface area (Å²) in [6.45, 7) is 4.06. The third-order valence-corrected chi connectivity index (χ3v) is 2.19. The standard InChI is InChI=1S/C12H14O3/c1-8(2)9-5-4-6-10(7-9)11(13)12(14)15-3/h4-8H,1-3H3. The van der Waals surface area contributed by atoms with Gasteiger partial charge in [-0.2, -0.15) is 0 Å². The maximum absolute atomic E-state index is 11.5. The van der Waals surface area contributed by atoms with Crippen LogP contribution >= 0.6 is 0 Å². The predicted octanol–water partition coefficient (Wildman–Crippen LogP) is 2.17. The van der Waals surface area contributed by atoms with E-state index in [1.54, 1.807) is 18.2 Å². The number of ketones is 1. The first-order chi connectivity index (χ1) is 7.06. The van der Waals surface area contributed by atoms with E-state index in [2.05, 4.69) is 4.74 Å². The van der Waals surface area contributed by atoms with Crippen molar-refractivity contribution >= 4 is 11.8 Å². The Morgan fingerprint density at radius 2 is 1.93 bits per heavy atom. The van der Waals surface area contributed by atoms with Crippen molar-refractivity contribution in [1.82, 2.24) is 0 Å². The molecule has 0 atom stereocenters. The van der Waals surface area contributed by atoms with E-state index in [0.29, 0.717) is 11.5 Å². The lowest BCUT2D eigenvalue weighted by molar-refractivity contribution is -0.135. The molecule has 0 radical (unpaired) electrons. The average molecular weight is 206 g/mol. The molecule has 15 heavy (non-hydrogen) atoms. The highest BCUT2D eigenvalue weighted by molar-refractivity contribution is 6.40. The minimum atomic E-state index is -0.823. The second-order valence-electron chi connectivity index (χ2n) is 3.60. The van der Waals surface area contributed by atoms with Crippen molar-refractivity contribution in [2.75, 3.05) is 7.11 Å². The fourth-order valence-corrected chi connectivity index (χ4v) is 1.25. The van der Waals surface area contributed by atoms with E-state index >= 15 is 0 Å². The van der Waals surface area contributed by atoms with Gasteiger partial charge in [0.15, 0.2) is 0 Å². The van der Waals surface area contributed by atoms with Crippen LogP contribution in [0, 0.1) is 0 Å². The maximum Gasteiger partial charge on any atom is 0.379 e. The van der Waals surface area contributed by atoms with Gasteiger partial charge in [-0.05, 0) is 17.5 Å². The Morgan fingerprint density at radius 1 is 1.27 bits per heavy atom. The third kappa shape index (κ3) is 2.65. The summed E-state index contributed by atoms with van der Waals surface area (Å²) in [5.41, 5.74) is 1.41. The molecule has 0 aliphatic heterocycles. The summed E-state index contributed by atoms with van der Waals surface area (Å²) >= 11 is 0. The molecule has 0 N–H and O–H groups in total. The largest absolute Gasteiger partial charge is 0.463 e. The molecule has 3 nitrogen and oxygen atoms in total. The Morgan fingerprint density at radius 3 is 2.47 bits per heavy atom. The van der Waals surface area contributed by atoms with Gasteiger partial charge in [-0.3, -0.25) is 4.79 Å². The molecule has 3 heteroatoms. The minimum Gasteiger partial charge on any atom is -0.463 e. The van der Waals surface area contributed by atoms with E-state index < -0.39 is 11.8 Å². The highest BCUT2D eigenvalue weighted by atomic mass is 16.5. The van der Waals surface area contributed by atoms with Gasteiger partial charge in [-0.1, -0.05) is 32.0 Å². The van der Waals surface area contributed by atoms with Crippen molar-refractivity contribution in [2.45, 2.75) is 19.8 Å². The molecule has 0 aromatic heterocycles. The molecule has 0 bridgehead atoms. The Balaban J connectivity index is 3.00. The molecule has 0 aliphatic carbocycles. The summed E-state index contributed by atoms with van der Waals surface area (Å²) in [6, 6.07) is 7.04. The predicted molar refractivity (Wildman–Crippen MR) is 56.9 cm³/mol. The van der Waals surface area contributed by atoms with Crippen molar-refractivity contribution in [3.63, 3.8) is 0 Å². The molecule has 0 unspecified atom stereocenters. The van der Waals surface area contributed by atoms with Crippen molar-refractivity contribution in [3.8, 4) is 0 Å². The van der Waals surface area contributed by atoms with Gasteiger partial charge in [-0.15, -0.1) is 0 Å². The summed E-state index contributed by atoms with van der Waals surface area (Å²) in [5.74, 6) is -1.09. The van der Waals surface area contributed by atoms with Crippen molar-refractivity contribution in [2.24, 2.45) is 0 Å². The number of esters is 1. The normalized spacial score (nSPS) is 10.1. The van der Waals surface area contributed by atoms with E-state index in [4.69, 9.17) is 0 Å². The summed E-state index contributed by atoms with van der Waals surface area (Å²) in [6.07, 6.45) is 0. The minimum absolute atomic E-state index is 0.329. The van der Waals surface area contributed by atoms with Crippen LogP contribution in [0.3, 0.4) is 0 Å². The van der Waals surface area contributed by atoms with Crippen LogP contribution in [-0.2, 0) is 9.53 Å². The fraction of sp³-hybridized carbons (Fsp3) is 0.333. The number of hydrogen-bond donors (Lipinski definition) is 0. The first-order valence-electron chi connectivity index (χ1n) is 4.79. The molecule has 0 amide bonds. The van der Waals surface area contributed by atoms with Crippen LogP contribution in [0.2, 0.25) is 0 Å². The van der Waals surface area contributed by atoms with Gasteiger partial charge in [0.2, 0.25) is 0 Å². The van der Waals surface area contributed by atoms with Gasteiger partial charge in [0, 0.05) is 5.56 Å². The van der Waals surface area contributed by atoms with Crippen LogP contribution < -0.4 is 0 Å². The van der Waals surface area contributed by atoms with Crippen molar-refractivity contribution < 1.29 is 14.3 Å². The molecular weight excluding hydrogens is 192 g/mol. The Hall–Kier alpha value is -1.64. The van der Waals surface area contributed by atoms with Crippen LogP contribution in [0.1, 0.15) is 35.7 Å². The second kappa shape index (κ2) is 4.73. The van der Waals surface area contributed by atoms with Crippen molar-refractivity contribution in [3.05, 3.63) is 35.4 Å². The zero-order valence-electron chi connectivity index (χ0n) is 9.11. The Labute approximate surface area is 89.1 Å². The number of benzene rings is 1. The molecular formula is C12H14O3. The number of Topliss-reactive ketones (excluding diaryl/α,β-unsaturated/α-hetero) is 1. The molecule has 1 aromatic rings. The van der Waals surface area contributed by atoms with E-state index in [-0.39, 0.29) is 0 Å². The van der Waals surface area contributed by atoms with Crippen LogP contribution in [0.4, 0.5) is 0 Å². The summed E-state index contributed by atoms with van der Waals surface area (Å²) in [4.78, 5) is 22.5. The van der Waals surface area contributed by atoms with E-state index in [1.807, 2.05) is 19.9 Å². The van der Waals surface area contributed by atoms with Gasteiger partial charge in [0.05, 0.1) is 7.11 Å². The highest BCUT2D eigenvalue weighted by Gasteiger charge is 2.16. The number of carbonyl (C=O) groups is 2. The van der Waals surface area contributed by atoms with Gasteiger partial charge in [0.25, 0.3) is 5.78 Å². The quantitative estimate of drug-likeness (QED) is 0.432. The lowest BCUT2D eigenvalue weighted by Crippen LogP contribution is -2.15. The summed E-state index contributed by atoms with van der Waals surface area (Å²) < 4.78 is 4.38. The smallest absolute Gasteiger partial charge is 0.379 e. The van der Waals surface area contributed by atoms with Gasteiger partial charge < -0.3 is 4.74 Å². The number of ether oxygens (including phenoxy) is 1. The van der Waals surface area contributed by atoms with Crippen LogP contribution in [-0.4, -0.2) is 18.9 Å². The van der Waals surface area contributed by atoms with E-state index in [9.17, 15) is 9.59 Å². The van der Waals surface area contributed by atoms with Crippen LogP contribution in [0.5, 0.6) is 0 Å². The highest BCUT2D eigenvalue weighted by Crippen LogP contribution is 2.16. The zero-order valence-corrected chi connectivity index (χ0v) is 9.11. The zero-order chi connectivity index (χ0) is 11.4. The fourth-order valence-electron chi connectivity index (χ4n) is 1.25. The first kappa shape index (κ1) is 11.4. The molecule has 0 fully saturated rings. The lowest BCUT2D eigenvalue weighted by Gasteiger charge is -2.06. The SMILES string of the molecule is COC(=O)C(=O)c1cccc(C(C)C)c1. The molecule has 0 saturated heterocycles. The second-order valence-corrected chi connectivity index (χ2v) is 3.60. The van der Waals surface area contributed by atoms with Crippen molar-refractivity contribution in [1.29, 1.82) is 0 Å². The Kier molecular flexibility index (Phi) is 3.61. The monoisotopic (exact) mass is 206 g/mol. The molecule has 0 saturated carbocycles. The molecule has 1 rings (SSSR count). The van der Waals surface area contributed by atoms with Crippen LogP contribution in [0.25, 0.3) is 0 Å². The van der Waals surface area contributed by atoms with E-state index in [1.165, 1.54) is 7.11 Å². The van der Waals surface area contributed by atoms with E-state index in [0.717, 1.165) is 5.56 Å². The first-order valence-corrected chi connectivity index (χ1v) is 4.79. The number of methoxy groups -OCH3 is 1. The topological polar surface area (TPSA) is 43.4 Å². The lowest BCUT2D eigenvalue weighted by atomic mass is 9.99. The molecule has 80 valence electrons. The van der Waals surface area contributed by atoms with Crippen LogP contribution in [0.15, 0.2) is 24.3 Å². The summed E-state index contributed by atoms with van der Waals surface area (Å²) in [5, 5.41) is 0. The maximum atomic E-state index is 11.5. The number of hydrogen-bond acceptors (Lipinski definition) is 3. The van der Waals surface area contributed by atoms with Gasteiger partial charge in [0.1, 0.15) is 0 Å². The number of carbonyl (C=O) groups excluding carboxylic acids is 2. The number of rotatable bonds is 3. The molecule has 0 aliphatic rings. The van der Waals surface area contributed by atoms with Gasteiger partial charge in [-0.25, -0.2) is 4.79 Å². The third-order valence-electron chi connectivity index (χ3n) is 2.19. The average Bonchev–Trinajstić information content (AvgIpc) is 2.27. The Bertz CT molecular complexity index is 380. The summed E-state index contributed by atoms with van der Waals surface area (Å²) in [7, 11) is 1.20. The molecule has 0 spiro atoms. The molecule has 1 aromatic carbocycles. The molecule has 0 heterocycles.